The van der Waals surface area contributed by atoms with Gasteiger partial charge in [-0.15, -0.1) is 0 Å². The molecule has 4 heterocycles. The van der Waals surface area contributed by atoms with Crippen molar-refractivity contribution in [2.75, 3.05) is 0 Å². The second-order valence-electron chi connectivity index (χ2n) is 18.0. The maximum atomic E-state index is 5.40. The Labute approximate surface area is 404 Å². The van der Waals surface area contributed by atoms with Gasteiger partial charge in [0.2, 0.25) is 11.9 Å². The van der Waals surface area contributed by atoms with Gasteiger partial charge in [0.25, 0.3) is 0 Å². The van der Waals surface area contributed by atoms with Gasteiger partial charge in [-0.2, -0.15) is 15.0 Å². The van der Waals surface area contributed by atoms with Crippen molar-refractivity contribution >= 4 is 94.2 Å². The van der Waals surface area contributed by atoms with Gasteiger partial charge in [0, 0.05) is 43.6 Å². The third-order valence-corrected chi connectivity index (χ3v) is 19.1. The van der Waals surface area contributed by atoms with Crippen molar-refractivity contribution < 1.29 is 0 Å². The fourth-order valence-electron chi connectivity index (χ4n) is 11.3. The Morgan fingerprint density at radius 1 is 0.243 bits per heavy atom. The first-order chi connectivity index (χ1) is 34.7. The third kappa shape index (κ3) is 6.02. The van der Waals surface area contributed by atoms with E-state index in [0.717, 1.165) is 54.9 Å². The zero-order valence-corrected chi connectivity index (χ0v) is 38.9. The van der Waals surface area contributed by atoms with Crippen molar-refractivity contribution in [2.24, 2.45) is 0 Å². The summed E-state index contributed by atoms with van der Waals surface area (Å²) in [6.07, 6.45) is 0. The number of aromatic nitrogens is 6. The van der Waals surface area contributed by atoms with Crippen molar-refractivity contribution in [3.63, 3.8) is 0 Å². The summed E-state index contributed by atoms with van der Waals surface area (Å²) in [4.78, 5) is 16.2. The molecule has 0 amide bonds. The fourth-order valence-corrected chi connectivity index (χ4v) is 16.0. The van der Waals surface area contributed by atoms with Crippen LogP contribution in [0.2, 0.25) is 0 Å². The molecule has 0 spiro atoms. The molecule has 0 aliphatic carbocycles. The highest BCUT2D eigenvalue weighted by Crippen LogP contribution is 2.35. The number of nitrogens with zero attached hydrogens (tertiary/aromatic N) is 6. The van der Waals surface area contributed by atoms with Gasteiger partial charge < -0.3 is 4.57 Å². The Morgan fingerprint density at radius 2 is 0.529 bits per heavy atom. The summed E-state index contributed by atoms with van der Waals surface area (Å²) in [5.74, 6) is 1.71. The van der Waals surface area contributed by atoms with Crippen molar-refractivity contribution in [1.82, 2.24) is 28.7 Å². The van der Waals surface area contributed by atoms with Crippen LogP contribution in [0.25, 0.3) is 94.4 Å². The van der Waals surface area contributed by atoms with E-state index in [9.17, 15) is 0 Å². The van der Waals surface area contributed by atoms with Crippen LogP contribution >= 0.6 is 0 Å². The molecule has 0 saturated carbocycles. The molecule has 0 N–H and O–H groups in total. The van der Waals surface area contributed by atoms with Gasteiger partial charge in [-0.25, -0.2) is 0 Å². The Hall–Kier alpha value is -9.17. The highest BCUT2D eigenvalue weighted by atomic mass is 28.3. The number of hydrogen-bond donors (Lipinski definition) is 0. The lowest BCUT2D eigenvalue weighted by Crippen LogP contribution is -2.74. The van der Waals surface area contributed by atoms with Gasteiger partial charge in [-0.3, -0.25) is 9.13 Å². The standard InChI is InChI=1S/C63H42N6Si/c1-3-19-45(20-4-1)70(46-21-5-2-6-22-46,48-41-37-44(38-42-48)67-55-29-13-7-23-49(55)50-24-8-14-30-56(50)67)47-39-35-43(36-40-47)61-64-62(68-57-31-15-9-25-51(57)52-26-10-16-32-58(52)68)66-63(65-61)69-59-33-17-11-27-53(59)54-28-12-18-34-60(54)69/h1-42H. The zero-order chi connectivity index (χ0) is 46.2. The number of benzene rings is 10. The minimum absolute atomic E-state index is 0.559. The Balaban J connectivity index is 0.978. The SMILES string of the molecule is c1ccc([Si](c2ccccc2)(c2ccc(-c3nc(-n4c5ccccc5c5ccccc54)nc(-n4c5ccccc5c5ccccc54)n3)cc2)c2ccc(-n3c4ccccc4c4ccccc43)cc2)cc1. The maximum Gasteiger partial charge on any atom is 0.240 e. The van der Waals surface area contributed by atoms with Crippen LogP contribution in [-0.2, 0) is 0 Å². The fraction of sp³-hybridized carbons (Fsp3) is 0. The van der Waals surface area contributed by atoms with Gasteiger partial charge in [0.1, 0.15) is 0 Å². The van der Waals surface area contributed by atoms with Gasteiger partial charge in [-0.05, 0) is 69.3 Å². The lowest BCUT2D eigenvalue weighted by atomic mass is 10.2. The summed E-state index contributed by atoms with van der Waals surface area (Å²) in [6, 6.07) is 92.1. The molecule has 0 fully saturated rings. The first-order valence-corrected chi connectivity index (χ1v) is 25.8. The molecule has 0 aliphatic heterocycles. The summed E-state index contributed by atoms with van der Waals surface area (Å²) in [7, 11) is -2.94. The Bertz CT molecular complexity index is 3960. The average Bonchev–Trinajstić information content (AvgIpc) is 4.08. The second-order valence-corrected chi connectivity index (χ2v) is 21.8. The predicted octanol–water partition coefficient (Wildman–Crippen LogP) is 12.2. The summed E-state index contributed by atoms with van der Waals surface area (Å²) in [5.41, 5.74) is 8.58. The lowest BCUT2D eigenvalue weighted by molar-refractivity contribution is 0.893. The van der Waals surface area contributed by atoms with Crippen LogP contribution in [-0.4, -0.2) is 36.7 Å². The monoisotopic (exact) mass is 910 g/mol. The number of fused-ring (bicyclic) bond motifs is 9. The van der Waals surface area contributed by atoms with E-state index < -0.39 is 8.07 Å². The topological polar surface area (TPSA) is 53.5 Å². The van der Waals surface area contributed by atoms with E-state index in [0.29, 0.717) is 17.7 Å². The maximum absolute atomic E-state index is 5.40. The Kier molecular flexibility index (Phi) is 9.12. The van der Waals surface area contributed by atoms with Crippen LogP contribution in [0, 0.1) is 0 Å². The molecule has 14 aromatic rings. The van der Waals surface area contributed by atoms with E-state index >= 15 is 0 Å². The summed E-state index contributed by atoms with van der Waals surface area (Å²) in [6.45, 7) is 0. The molecule has 4 aromatic heterocycles. The highest BCUT2D eigenvalue weighted by Gasteiger charge is 2.41. The van der Waals surface area contributed by atoms with Gasteiger partial charge in [0.15, 0.2) is 13.9 Å². The third-order valence-electron chi connectivity index (χ3n) is 14.3. The molecule has 70 heavy (non-hydrogen) atoms. The zero-order valence-electron chi connectivity index (χ0n) is 37.9. The van der Waals surface area contributed by atoms with Crippen molar-refractivity contribution in [3.05, 3.63) is 255 Å². The van der Waals surface area contributed by atoms with E-state index in [1.807, 2.05) is 0 Å². The van der Waals surface area contributed by atoms with Gasteiger partial charge in [-0.1, -0.05) is 206 Å². The van der Waals surface area contributed by atoms with E-state index in [4.69, 9.17) is 15.0 Å². The lowest BCUT2D eigenvalue weighted by Gasteiger charge is -2.34. The first kappa shape index (κ1) is 39.9. The van der Waals surface area contributed by atoms with Gasteiger partial charge in [0.05, 0.1) is 33.1 Å². The van der Waals surface area contributed by atoms with Crippen molar-refractivity contribution in [2.45, 2.75) is 0 Å². The van der Waals surface area contributed by atoms with Crippen molar-refractivity contribution in [1.29, 1.82) is 0 Å². The van der Waals surface area contributed by atoms with Crippen molar-refractivity contribution in [3.8, 4) is 29.0 Å². The molecule has 0 unspecified atom stereocenters. The molecular weight excluding hydrogens is 869 g/mol. The molecule has 328 valence electrons. The number of hydrogen-bond acceptors (Lipinski definition) is 3. The van der Waals surface area contributed by atoms with Crippen LogP contribution in [0.4, 0.5) is 0 Å². The van der Waals surface area contributed by atoms with Crippen LogP contribution in [0.5, 0.6) is 0 Å². The average molecular weight is 911 g/mol. The predicted molar refractivity (Wildman–Crippen MR) is 292 cm³/mol. The summed E-state index contributed by atoms with van der Waals surface area (Å²) < 4.78 is 6.77. The molecule has 0 aliphatic rings. The van der Waals surface area contributed by atoms with E-state index in [-0.39, 0.29) is 0 Å². The highest BCUT2D eigenvalue weighted by molar-refractivity contribution is 7.19. The minimum atomic E-state index is -2.94. The molecule has 6 nitrogen and oxygen atoms in total. The Morgan fingerprint density at radius 3 is 0.886 bits per heavy atom. The number of rotatable bonds is 8. The first-order valence-electron chi connectivity index (χ1n) is 23.8. The quantitative estimate of drug-likeness (QED) is 0.113. The van der Waals surface area contributed by atoms with Crippen LogP contribution in [0.1, 0.15) is 0 Å². The molecule has 14 rings (SSSR count). The minimum Gasteiger partial charge on any atom is -0.309 e. The summed E-state index contributed by atoms with van der Waals surface area (Å²) in [5, 5.41) is 12.3. The smallest absolute Gasteiger partial charge is 0.240 e. The molecule has 10 aromatic carbocycles. The van der Waals surface area contributed by atoms with E-state index in [2.05, 4.69) is 268 Å². The van der Waals surface area contributed by atoms with Crippen LogP contribution < -0.4 is 20.7 Å². The molecule has 0 atom stereocenters. The van der Waals surface area contributed by atoms with Gasteiger partial charge >= 0.3 is 0 Å². The normalized spacial score (nSPS) is 12.0. The molecule has 0 radical (unpaired) electrons. The summed E-state index contributed by atoms with van der Waals surface area (Å²) >= 11 is 0. The van der Waals surface area contributed by atoms with Crippen LogP contribution in [0.3, 0.4) is 0 Å². The largest absolute Gasteiger partial charge is 0.309 e. The molecule has 0 saturated heterocycles. The molecule has 7 heteroatoms. The van der Waals surface area contributed by atoms with E-state index in [1.54, 1.807) is 0 Å². The molecule has 0 bridgehead atoms. The second kappa shape index (κ2) is 16.0. The van der Waals surface area contributed by atoms with Crippen LogP contribution in [0.15, 0.2) is 255 Å². The molecular formula is C63H42N6Si. The number of para-hydroxylation sites is 6. The van der Waals surface area contributed by atoms with E-state index in [1.165, 1.54) is 42.6 Å².